The molecule has 2 heterocycles. The predicted octanol–water partition coefficient (Wildman–Crippen LogP) is 2.56. The molecule has 0 bridgehead atoms. The molecular weight excluding hydrogens is 267 g/mol. The zero-order chi connectivity index (χ0) is 14.8. The topological polar surface area (TPSA) is 26.7 Å². The van der Waals surface area contributed by atoms with Gasteiger partial charge in [0.2, 0.25) is 0 Å². The summed E-state index contributed by atoms with van der Waals surface area (Å²) < 4.78 is 14.2. The number of benzene rings is 1. The largest absolute Gasteiger partial charge is 0.393 e. The third-order valence-electron chi connectivity index (χ3n) is 4.86. The van der Waals surface area contributed by atoms with Crippen LogP contribution in [-0.4, -0.2) is 48.3 Å². The van der Waals surface area contributed by atoms with Crippen LogP contribution >= 0.6 is 0 Å². The molecule has 4 heteroatoms. The SMILES string of the molecule is Cc1ccc(N2CCCC(N3CCC(O)CC3)C2)c(F)c1. The van der Waals surface area contributed by atoms with Crippen LogP contribution in [0.2, 0.25) is 0 Å². The van der Waals surface area contributed by atoms with E-state index in [1.54, 1.807) is 6.07 Å². The van der Waals surface area contributed by atoms with Gasteiger partial charge in [0.25, 0.3) is 0 Å². The van der Waals surface area contributed by atoms with E-state index < -0.39 is 0 Å². The summed E-state index contributed by atoms with van der Waals surface area (Å²) in [6.07, 6.45) is 3.90. The number of likely N-dealkylation sites (tertiary alicyclic amines) is 1. The van der Waals surface area contributed by atoms with Gasteiger partial charge in [-0.15, -0.1) is 0 Å². The van der Waals surface area contributed by atoms with E-state index in [0.29, 0.717) is 6.04 Å². The molecule has 0 spiro atoms. The van der Waals surface area contributed by atoms with Gasteiger partial charge < -0.3 is 10.0 Å². The number of hydrogen-bond donors (Lipinski definition) is 1. The standard InChI is InChI=1S/C17H25FN2O/c1-13-4-5-17(16(18)11-13)20-8-2-3-14(12-20)19-9-6-15(21)7-10-19/h4-5,11,14-15,21H,2-3,6-10,12H2,1H3. The smallest absolute Gasteiger partial charge is 0.146 e. The molecule has 1 N–H and O–H groups in total. The maximum Gasteiger partial charge on any atom is 0.146 e. The second-order valence-electron chi connectivity index (χ2n) is 6.46. The van der Waals surface area contributed by atoms with Gasteiger partial charge in [0.1, 0.15) is 5.82 Å². The van der Waals surface area contributed by atoms with Gasteiger partial charge >= 0.3 is 0 Å². The van der Waals surface area contributed by atoms with Gasteiger partial charge in [-0.25, -0.2) is 4.39 Å². The Morgan fingerprint density at radius 3 is 2.62 bits per heavy atom. The number of aryl methyl sites for hydroxylation is 1. The van der Waals surface area contributed by atoms with E-state index in [0.717, 1.165) is 56.7 Å². The number of rotatable bonds is 2. The number of nitrogens with zero attached hydrogens (tertiary/aromatic N) is 2. The Bertz CT molecular complexity index is 486. The second kappa shape index (κ2) is 6.32. The summed E-state index contributed by atoms with van der Waals surface area (Å²) in [5.74, 6) is -0.107. The molecule has 1 unspecified atom stereocenters. The van der Waals surface area contributed by atoms with Crippen molar-refractivity contribution in [1.29, 1.82) is 0 Å². The Morgan fingerprint density at radius 2 is 1.90 bits per heavy atom. The van der Waals surface area contributed by atoms with Crippen LogP contribution in [0.1, 0.15) is 31.2 Å². The van der Waals surface area contributed by atoms with E-state index in [1.165, 1.54) is 6.42 Å². The number of piperidine rings is 2. The molecule has 1 atom stereocenters. The Morgan fingerprint density at radius 1 is 1.14 bits per heavy atom. The van der Waals surface area contributed by atoms with Crippen molar-refractivity contribution in [3.8, 4) is 0 Å². The zero-order valence-corrected chi connectivity index (χ0v) is 12.8. The predicted molar refractivity (Wildman–Crippen MR) is 83.2 cm³/mol. The summed E-state index contributed by atoms with van der Waals surface area (Å²) >= 11 is 0. The molecule has 2 aliphatic rings. The molecular formula is C17H25FN2O. The fraction of sp³-hybridized carbons (Fsp3) is 0.647. The van der Waals surface area contributed by atoms with Gasteiger partial charge in [-0.2, -0.15) is 0 Å². The molecule has 0 aliphatic carbocycles. The lowest BCUT2D eigenvalue weighted by Gasteiger charge is -2.42. The molecule has 3 nitrogen and oxygen atoms in total. The average Bonchev–Trinajstić information content (AvgIpc) is 2.48. The van der Waals surface area contributed by atoms with Crippen LogP contribution in [0.4, 0.5) is 10.1 Å². The van der Waals surface area contributed by atoms with Gasteiger partial charge in [-0.05, 0) is 50.3 Å². The van der Waals surface area contributed by atoms with Crippen LogP contribution in [0.5, 0.6) is 0 Å². The monoisotopic (exact) mass is 292 g/mol. The fourth-order valence-electron chi connectivity index (χ4n) is 3.59. The Hall–Kier alpha value is -1.13. The van der Waals surface area contributed by atoms with Gasteiger partial charge in [0, 0.05) is 32.2 Å². The molecule has 1 aromatic rings. The third kappa shape index (κ3) is 3.38. The first kappa shape index (κ1) is 14.8. The van der Waals surface area contributed by atoms with E-state index >= 15 is 0 Å². The molecule has 2 saturated heterocycles. The Labute approximate surface area is 126 Å². The van der Waals surface area contributed by atoms with E-state index in [1.807, 2.05) is 19.1 Å². The maximum absolute atomic E-state index is 14.2. The van der Waals surface area contributed by atoms with Crippen LogP contribution in [-0.2, 0) is 0 Å². The van der Waals surface area contributed by atoms with Gasteiger partial charge in [-0.3, -0.25) is 4.90 Å². The van der Waals surface area contributed by atoms with Crippen molar-refractivity contribution in [3.63, 3.8) is 0 Å². The van der Waals surface area contributed by atoms with Crippen molar-refractivity contribution in [2.24, 2.45) is 0 Å². The van der Waals surface area contributed by atoms with Crippen molar-refractivity contribution >= 4 is 5.69 Å². The minimum atomic E-state index is -0.129. The highest BCUT2D eigenvalue weighted by Crippen LogP contribution is 2.27. The maximum atomic E-state index is 14.2. The molecule has 0 amide bonds. The average molecular weight is 292 g/mol. The zero-order valence-electron chi connectivity index (χ0n) is 12.8. The van der Waals surface area contributed by atoms with Crippen molar-refractivity contribution in [1.82, 2.24) is 4.90 Å². The van der Waals surface area contributed by atoms with E-state index in [-0.39, 0.29) is 11.9 Å². The van der Waals surface area contributed by atoms with Crippen LogP contribution in [0.3, 0.4) is 0 Å². The minimum Gasteiger partial charge on any atom is -0.393 e. The Kier molecular flexibility index (Phi) is 4.45. The number of hydrogen-bond acceptors (Lipinski definition) is 3. The van der Waals surface area contributed by atoms with Crippen LogP contribution in [0, 0.1) is 12.7 Å². The number of anilines is 1. The lowest BCUT2D eigenvalue weighted by atomic mass is 9.99. The van der Waals surface area contributed by atoms with E-state index in [9.17, 15) is 9.50 Å². The summed E-state index contributed by atoms with van der Waals surface area (Å²) in [4.78, 5) is 4.67. The third-order valence-corrected chi connectivity index (χ3v) is 4.86. The highest BCUT2D eigenvalue weighted by molar-refractivity contribution is 5.49. The van der Waals surface area contributed by atoms with Gasteiger partial charge in [-0.1, -0.05) is 6.07 Å². The summed E-state index contributed by atoms with van der Waals surface area (Å²) in [5, 5.41) is 9.63. The number of aliphatic hydroxyl groups excluding tert-OH is 1. The van der Waals surface area contributed by atoms with Crippen LogP contribution in [0.25, 0.3) is 0 Å². The molecule has 0 radical (unpaired) electrons. The van der Waals surface area contributed by atoms with Gasteiger partial charge in [0.05, 0.1) is 11.8 Å². The molecule has 0 aromatic heterocycles. The van der Waals surface area contributed by atoms with E-state index in [2.05, 4.69) is 9.80 Å². The van der Waals surface area contributed by atoms with Crippen molar-refractivity contribution in [2.45, 2.75) is 44.8 Å². The molecule has 0 saturated carbocycles. The van der Waals surface area contributed by atoms with Crippen LogP contribution in [0.15, 0.2) is 18.2 Å². The second-order valence-corrected chi connectivity index (χ2v) is 6.46. The first-order chi connectivity index (χ1) is 10.1. The molecule has 2 fully saturated rings. The molecule has 1 aromatic carbocycles. The summed E-state index contributed by atoms with van der Waals surface area (Å²) in [7, 11) is 0. The number of halogens is 1. The fourth-order valence-corrected chi connectivity index (χ4v) is 3.59. The molecule has 116 valence electrons. The highest BCUT2D eigenvalue weighted by atomic mass is 19.1. The number of aliphatic hydroxyl groups is 1. The van der Waals surface area contributed by atoms with Crippen molar-refractivity contribution < 1.29 is 9.50 Å². The van der Waals surface area contributed by atoms with E-state index in [4.69, 9.17) is 0 Å². The van der Waals surface area contributed by atoms with Crippen molar-refractivity contribution in [2.75, 3.05) is 31.1 Å². The Balaban J connectivity index is 1.68. The molecule has 3 rings (SSSR count). The molecule has 21 heavy (non-hydrogen) atoms. The normalized spacial score (nSPS) is 25.3. The van der Waals surface area contributed by atoms with Crippen LogP contribution < -0.4 is 4.90 Å². The summed E-state index contributed by atoms with van der Waals surface area (Å²) in [5.41, 5.74) is 1.71. The minimum absolute atomic E-state index is 0.107. The first-order valence-electron chi connectivity index (χ1n) is 8.06. The summed E-state index contributed by atoms with van der Waals surface area (Å²) in [6, 6.07) is 6.01. The lowest BCUT2D eigenvalue weighted by molar-refractivity contribution is 0.0567. The molecule has 2 aliphatic heterocycles. The lowest BCUT2D eigenvalue weighted by Crippen LogP contribution is -2.51. The highest BCUT2D eigenvalue weighted by Gasteiger charge is 2.29. The van der Waals surface area contributed by atoms with Crippen molar-refractivity contribution in [3.05, 3.63) is 29.6 Å². The summed E-state index contributed by atoms with van der Waals surface area (Å²) in [6.45, 7) is 5.69. The quantitative estimate of drug-likeness (QED) is 0.907. The van der Waals surface area contributed by atoms with Gasteiger partial charge in [0.15, 0.2) is 0 Å². The first-order valence-corrected chi connectivity index (χ1v) is 8.06.